The van der Waals surface area contributed by atoms with Crippen LogP contribution in [0.2, 0.25) is 0 Å². The van der Waals surface area contributed by atoms with Gasteiger partial charge in [0.1, 0.15) is 9.81 Å². The minimum absolute atomic E-state index is 0.192. The molecule has 0 aliphatic heterocycles. The van der Waals surface area contributed by atoms with Crippen LogP contribution in [-0.4, -0.2) is 37.0 Å². The number of unbranched alkanes of at least 4 members (excludes halogenated alkanes) is 1. The van der Waals surface area contributed by atoms with Crippen molar-refractivity contribution < 1.29 is 17.9 Å². The predicted octanol–water partition coefficient (Wildman–Crippen LogP) is 5.08. The van der Waals surface area contributed by atoms with Crippen molar-refractivity contribution in [3.8, 4) is 0 Å². The van der Waals surface area contributed by atoms with E-state index < -0.39 is 21.7 Å². The van der Waals surface area contributed by atoms with E-state index in [1.807, 2.05) is 17.5 Å². The molecule has 0 saturated carbocycles. The molecule has 0 spiro atoms. The average molecular weight is 459 g/mol. The van der Waals surface area contributed by atoms with Gasteiger partial charge >= 0.3 is 6.09 Å². The number of hydrogen-bond acceptors (Lipinski definition) is 6. The molecule has 29 heavy (non-hydrogen) atoms. The molecule has 0 aliphatic carbocycles. The van der Waals surface area contributed by atoms with Crippen molar-refractivity contribution in [2.24, 2.45) is 0 Å². The molecule has 2 aromatic heterocycles. The van der Waals surface area contributed by atoms with E-state index in [0.29, 0.717) is 10.6 Å². The predicted molar refractivity (Wildman–Crippen MR) is 119 cm³/mol. The van der Waals surface area contributed by atoms with Crippen molar-refractivity contribution in [2.45, 2.75) is 69.4 Å². The number of amides is 1. The lowest BCUT2D eigenvalue weighted by Gasteiger charge is -2.28. The summed E-state index contributed by atoms with van der Waals surface area (Å²) < 4.78 is 33.6. The number of nitrogens with one attached hydrogen (secondary N) is 1. The number of hydrogen-bond donors (Lipinski definition) is 1. The Hall–Kier alpha value is -1.42. The van der Waals surface area contributed by atoms with E-state index >= 15 is 0 Å². The maximum atomic E-state index is 13.2. The summed E-state index contributed by atoms with van der Waals surface area (Å²) in [4.78, 5) is 13.3. The Labute approximate surface area is 181 Å². The summed E-state index contributed by atoms with van der Waals surface area (Å²) in [5.74, 6) is 0. The van der Waals surface area contributed by atoms with Gasteiger partial charge in [-0.2, -0.15) is 4.31 Å². The molecule has 0 bridgehead atoms. The van der Waals surface area contributed by atoms with Gasteiger partial charge in [-0.3, -0.25) is 0 Å². The van der Waals surface area contributed by atoms with Crippen LogP contribution >= 0.6 is 22.7 Å². The first-order chi connectivity index (χ1) is 13.6. The van der Waals surface area contributed by atoms with Crippen molar-refractivity contribution in [2.75, 3.05) is 6.54 Å². The molecule has 0 radical (unpaired) electrons. The molecule has 162 valence electrons. The summed E-state index contributed by atoms with van der Waals surface area (Å²) in [6.45, 7) is 7.94. The van der Waals surface area contributed by atoms with Crippen LogP contribution in [0.1, 0.15) is 51.8 Å². The Kier molecular flexibility index (Phi) is 8.69. The average Bonchev–Trinajstić information content (AvgIpc) is 3.31. The molecule has 0 aliphatic rings. The van der Waals surface area contributed by atoms with Crippen LogP contribution in [0, 0.1) is 0 Å². The molecule has 0 aromatic carbocycles. The molecule has 2 heterocycles. The Morgan fingerprint density at radius 2 is 1.90 bits per heavy atom. The molecule has 6 nitrogen and oxygen atoms in total. The van der Waals surface area contributed by atoms with E-state index in [4.69, 9.17) is 4.74 Å². The SMILES string of the molecule is CCCC[C@@H](CN(Cc1cccs1)S(=O)(=O)c1cccs1)NC(=O)OC(C)(C)C. The molecule has 0 saturated heterocycles. The first kappa shape index (κ1) is 23.9. The van der Waals surface area contributed by atoms with Gasteiger partial charge in [-0.25, -0.2) is 13.2 Å². The van der Waals surface area contributed by atoms with E-state index in [1.54, 1.807) is 38.3 Å². The maximum Gasteiger partial charge on any atom is 0.407 e. The molecule has 1 atom stereocenters. The van der Waals surface area contributed by atoms with Crippen LogP contribution in [0.15, 0.2) is 39.2 Å². The number of carbonyl (C=O) groups excluding carboxylic acids is 1. The van der Waals surface area contributed by atoms with E-state index in [1.165, 1.54) is 27.0 Å². The summed E-state index contributed by atoms with van der Waals surface area (Å²) in [6.07, 6.45) is 1.99. The minimum atomic E-state index is -3.66. The number of alkyl carbamates (subject to hydrolysis) is 1. The maximum absolute atomic E-state index is 13.2. The van der Waals surface area contributed by atoms with Crippen molar-refractivity contribution in [3.63, 3.8) is 0 Å². The monoisotopic (exact) mass is 458 g/mol. The van der Waals surface area contributed by atoms with Crippen molar-refractivity contribution in [3.05, 3.63) is 39.9 Å². The molecular weight excluding hydrogens is 428 g/mol. The zero-order valence-electron chi connectivity index (χ0n) is 17.4. The largest absolute Gasteiger partial charge is 0.444 e. The summed E-state index contributed by atoms with van der Waals surface area (Å²) in [7, 11) is -3.66. The topological polar surface area (TPSA) is 75.7 Å². The fourth-order valence-corrected chi connectivity index (χ4v) is 6.15. The fourth-order valence-electron chi connectivity index (χ4n) is 2.74. The van der Waals surface area contributed by atoms with Gasteiger partial charge in [0.2, 0.25) is 0 Å². The molecule has 2 rings (SSSR count). The van der Waals surface area contributed by atoms with Gasteiger partial charge in [0.25, 0.3) is 10.0 Å². The smallest absolute Gasteiger partial charge is 0.407 e. The summed E-state index contributed by atoms with van der Waals surface area (Å²) in [6, 6.07) is 6.84. The van der Waals surface area contributed by atoms with Crippen molar-refractivity contribution >= 4 is 38.8 Å². The van der Waals surface area contributed by atoms with Crippen LogP contribution in [0.25, 0.3) is 0 Å². The van der Waals surface area contributed by atoms with Gasteiger partial charge in [-0.05, 0) is 50.1 Å². The lowest BCUT2D eigenvalue weighted by molar-refractivity contribution is 0.0494. The Balaban J connectivity index is 2.23. The zero-order valence-corrected chi connectivity index (χ0v) is 19.8. The van der Waals surface area contributed by atoms with E-state index in [-0.39, 0.29) is 19.1 Å². The van der Waals surface area contributed by atoms with E-state index in [0.717, 1.165) is 17.7 Å². The highest BCUT2D eigenvalue weighted by atomic mass is 32.2. The third-order valence-corrected chi connectivity index (χ3v) is 8.10. The standard InChI is InChI=1S/C20H30N2O4S3/c1-5-6-9-16(21-19(23)26-20(2,3)4)14-22(15-17-10-7-12-27-17)29(24,25)18-11-8-13-28-18/h7-8,10-13,16H,5-6,9,14-15H2,1-4H3,(H,21,23)/t16-/m0/s1. The second-order valence-corrected chi connectivity index (χ2v) is 11.9. The highest BCUT2D eigenvalue weighted by molar-refractivity contribution is 7.91. The third kappa shape index (κ3) is 7.73. The number of sulfonamides is 1. The fraction of sp³-hybridized carbons (Fsp3) is 0.550. The quantitative estimate of drug-likeness (QED) is 0.538. The van der Waals surface area contributed by atoms with E-state index in [2.05, 4.69) is 12.2 Å². The summed E-state index contributed by atoms with van der Waals surface area (Å²) >= 11 is 2.72. The van der Waals surface area contributed by atoms with Gasteiger partial charge in [0, 0.05) is 24.0 Å². The second kappa shape index (κ2) is 10.6. The van der Waals surface area contributed by atoms with E-state index in [9.17, 15) is 13.2 Å². The van der Waals surface area contributed by atoms with Crippen LogP contribution in [0.4, 0.5) is 4.79 Å². The van der Waals surface area contributed by atoms with Crippen LogP contribution in [0.3, 0.4) is 0 Å². The van der Waals surface area contributed by atoms with Crippen molar-refractivity contribution in [1.29, 1.82) is 0 Å². The first-order valence-corrected chi connectivity index (χ1v) is 12.9. The number of ether oxygens (including phenoxy) is 1. The summed E-state index contributed by atoms with van der Waals surface area (Å²) in [5, 5.41) is 6.56. The summed E-state index contributed by atoms with van der Waals surface area (Å²) in [5.41, 5.74) is -0.612. The van der Waals surface area contributed by atoms with Gasteiger partial charge in [-0.1, -0.05) is 31.9 Å². The minimum Gasteiger partial charge on any atom is -0.444 e. The number of nitrogens with zero attached hydrogens (tertiary/aromatic N) is 1. The number of carbonyl (C=O) groups is 1. The Morgan fingerprint density at radius 1 is 1.21 bits per heavy atom. The number of thiophene rings is 2. The highest BCUT2D eigenvalue weighted by Gasteiger charge is 2.29. The Bertz CT molecular complexity index is 841. The molecular formula is C20H30N2O4S3. The first-order valence-electron chi connectivity index (χ1n) is 9.67. The lowest BCUT2D eigenvalue weighted by atomic mass is 10.1. The third-order valence-electron chi connectivity index (χ3n) is 4.05. The molecule has 0 fully saturated rings. The lowest BCUT2D eigenvalue weighted by Crippen LogP contribution is -2.46. The van der Waals surface area contributed by atoms with Crippen LogP contribution in [0.5, 0.6) is 0 Å². The van der Waals surface area contributed by atoms with Gasteiger partial charge < -0.3 is 10.1 Å². The van der Waals surface area contributed by atoms with Crippen molar-refractivity contribution in [1.82, 2.24) is 9.62 Å². The normalized spacial score (nSPS) is 13.4. The van der Waals surface area contributed by atoms with Gasteiger partial charge in [0.05, 0.1) is 0 Å². The molecule has 2 aromatic rings. The second-order valence-electron chi connectivity index (χ2n) is 7.79. The van der Waals surface area contributed by atoms with Gasteiger partial charge in [0.15, 0.2) is 0 Å². The molecule has 0 unspecified atom stereocenters. The van der Waals surface area contributed by atoms with Crippen LogP contribution < -0.4 is 5.32 Å². The van der Waals surface area contributed by atoms with Crippen LogP contribution in [-0.2, 0) is 21.3 Å². The molecule has 9 heteroatoms. The Morgan fingerprint density at radius 3 is 2.45 bits per heavy atom. The number of rotatable bonds is 10. The molecule has 1 amide bonds. The molecule has 1 N–H and O–H groups in total. The zero-order chi connectivity index (χ0) is 21.5. The van der Waals surface area contributed by atoms with Gasteiger partial charge in [-0.15, -0.1) is 22.7 Å². The highest BCUT2D eigenvalue weighted by Crippen LogP contribution is 2.25.